The van der Waals surface area contributed by atoms with Gasteiger partial charge in [-0.15, -0.1) is 0 Å². The maximum absolute atomic E-state index is 12.3. The van der Waals surface area contributed by atoms with Crippen molar-refractivity contribution in [3.8, 4) is 0 Å². The molecule has 0 aromatic heterocycles. The monoisotopic (exact) mass is 372 g/mol. The molecule has 2 aromatic carbocycles. The van der Waals surface area contributed by atoms with E-state index in [1.807, 2.05) is 36.4 Å². The summed E-state index contributed by atoms with van der Waals surface area (Å²) in [5, 5.41) is 4.23. The zero-order chi connectivity index (χ0) is 17.8. The van der Waals surface area contributed by atoms with Gasteiger partial charge in [0.15, 0.2) is 0 Å². The Labute approximate surface area is 157 Å². The van der Waals surface area contributed by atoms with Gasteiger partial charge >= 0.3 is 0 Å². The Balaban J connectivity index is 1.85. The molecule has 3 nitrogen and oxygen atoms in total. The summed E-state index contributed by atoms with van der Waals surface area (Å²) in [7, 11) is 0. The molecule has 0 bridgehead atoms. The molecule has 1 amide bonds. The highest BCUT2D eigenvalue weighted by Crippen LogP contribution is 2.52. The Bertz CT molecular complexity index is 906. The second kappa shape index (κ2) is 5.52. The van der Waals surface area contributed by atoms with E-state index < -0.39 is 5.66 Å². The van der Waals surface area contributed by atoms with Crippen molar-refractivity contribution < 1.29 is 4.79 Å². The maximum Gasteiger partial charge on any atom is 0.241 e. The highest BCUT2D eigenvalue weighted by molar-refractivity contribution is 6.42. The molecule has 0 aliphatic carbocycles. The van der Waals surface area contributed by atoms with Crippen LogP contribution in [0.3, 0.4) is 0 Å². The Hall–Kier alpha value is -1.97. The standard InChI is InChI=1S/C20H18Cl2N2O/c1-19(2)14-7-3-4-9-16(14)24-12-17(25)23-20(19,24)11-10-13-6-5-8-15(21)18(13)22/h3-11H,12H2,1-2H3,(H,23,25)/b11-10+/t20-/m0/s1. The third kappa shape index (κ3) is 2.22. The van der Waals surface area contributed by atoms with Crippen molar-refractivity contribution in [3.05, 3.63) is 69.7 Å². The van der Waals surface area contributed by atoms with Gasteiger partial charge in [0.2, 0.25) is 5.91 Å². The van der Waals surface area contributed by atoms with E-state index in [1.165, 1.54) is 5.56 Å². The molecular weight excluding hydrogens is 355 g/mol. The van der Waals surface area contributed by atoms with E-state index in [4.69, 9.17) is 23.2 Å². The third-order valence-electron chi connectivity index (χ3n) is 5.36. The van der Waals surface area contributed by atoms with Gasteiger partial charge in [-0.25, -0.2) is 0 Å². The summed E-state index contributed by atoms with van der Waals surface area (Å²) in [5.74, 6) is 0.0180. The summed E-state index contributed by atoms with van der Waals surface area (Å²) in [6.07, 6.45) is 3.98. The molecule has 2 aliphatic rings. The number of fused-ring (bicyclic) bond motifs is 3. The number of para-hydroxylation sites is 1. The molecule has 2 heterocycles. The van der Waals surface area contributed by atoms with E-state index in [2.05, 4.69) is 36.2 Å². The van der Waals surface area contributed by atoms with Crippen LogP contribution in [0.5, 0.6) is 0 Å². The first kappa shape index (κ1) is 16.5. The zero-order valence-electron chi connectivity index (χ0n) is 14.0. The van der Waals surface area contributed by atoms with E-state index in [-0.39, 0.29) is 11.3 Å². The molecule has 25 heavy (non-hydrogen) atoms. The molecule has 1 saturated heterocycles. The first-order chi connectivity index (χ1) is 11.9. The molecule has 5 heteroatoms. The summed E-state index contributed by atoms with van der Waals surface area (Å²) < 4.78 is 0. The fraction of sp³-hybridized carbons (Fsp3) is 0.250. The molecule has 1 fully saturated rings. The van der Waals surface area contributed by atoms with Crippen molar-refractivity contribution >= 4 is 40.9 Å². The predicted octanol–water partition coefficient (Wildman–Crippen LogP) is 4.63. The number of halogens is 2. The summed E-state index contributed by atoms with van der Waals surface area (Å²) in [5.41, 5.74) is 2.22. The van der Waals surface area contributed by atoms with Crippen molar-refractivity contribution in [2.75, 3.05) is 11.4 Å². The number of nitrogens with one attached hydrogen (secondary N) is 1. The fourth-order valence-electron chi connectivity index (χ4n) is 4.00. The summed E-state index contributed by atoms with van der Waals surface area (Å²) in [6.45, 7) is 4.65. The van der Waals surface area contributed by atoms with Gasteiger partial charge in [0.1, 0.15) is 5.66 Å². The summed E-state index contributed by atoms with van der Waals surface area (Å²) in [4.78, 5) is 14.4. The highest BCUT2D eigenvalue weighted by Gasteiger charge is 2.59. The number of amides is 1. The molecule has 0 spiro atoms. The number of carbonyl (C=O) groups excluding carboxylic acids is 1. The first-order valence-electron chi connectivity index (χ1n) is 8.18. The Morgan fingerprint density at radius 3 is 2.68 bits per heavy atom. The van der Waals surface area contributed by atoms with Crippen LogP contribution in [0.25, 0.3) is 6.08 Å². The highest BCUT2D eigenvalue weighted by atomic mass is 35.5. The van der Waals surface area contributed by atoms with Crippen LogP contribution in [0.15, 0.2) is 48.5 Å². The van der Waals surface area contributed by atoms with Crippen LogP contribution >= 0.6 is 23.2 Å². The minimum absolute atomic E-state index is 0.0180. The fourth-order valence-corrected chi connectivity index (χ4v) is 4.37. The van der Waals surface area contributed by atoms with Gasteiger partial charge in [-0.1, -0.05) is 73.5 Å². The Morgan fingerprint density at radius 1 is 1.12 bits per heavy atom. The van der Waals surface area contributed by atoms with Gasteiger partial charge in [0, 0.05) is 11.1 Å². The Kier molecular flexibility index (Phi) is 3.64. The molecule has 128 valence electrons. The van der Waals surface area contributed by atoms with Crippen molar-refractivity contribution in [1.29, 1.82) is 0 Å². The molecule has 1 N–H and O–H groups in total. The van der Waals surface area contributed by atoms with Gasteiger partial charge < -0.3 is 10.2 Å². The van der Waals surface area contributed by atoms with E-state index >= 15 is 0 Å². The molecular formula is C20H18Cl2N2O. The van der Waals surface area contributed by atoms with E-state index in [0.29, 0.717) is 16.6 Å². The summed E-state index contributed by atoms with van der Waals surface area (Å²) >= 11 is 12.4. The van der Waals surface area contributed by atoms with Crippen LogP contribution in [-0.2, 0) is 10.2 Å². The zero-order valence-corrected chi connectivity index (χ0v) is 15.5. The Morgan fingerprint density at radius 2 is 1.88 bits per heavy atom. The van der Waals surface area contributed by atoms with Gasteiger partial charge in [-0.3, -0.25) is 4.79 Å². The molecule has 2 aliphatic heterocycles. The van der Waals surface area contributed by atoms with Crippen LogP contribution in [0.2, 0.25) is 10.0 Å². The minimum Gasteiger partial charge on any atom is -0.335 e. The number of hydrogen-bond acceptors (Lipinski definition) is 2. The average Bonchev–Trinajstić information content (AvgIpc) is 3.01. The van der Waals surface area contributed by atoms with Crippen LogP contribution in [0.4, 0.5) is 5.69 Å². The van der Waals surface area contributed by atoms with Gasteiger partial charge in [-0.05, 0) is 29.3 Å². The number of carbonyl (C=O) groups is 1. The van der Waals surface area contributed by atoms with Gasteiger partial charge in [0.25, 0.3) is 0 Å². The average molecular weight is 373 g/mol. The van der Waals surface area contributed by atoms with Gasteiger partial charge in [-0.2, -0.15) is 0 Å². The van der Waals surface area contributed by atoms with E-state index in [1.54, 1.807) is 6.07 Å². The molecule has 0 saturated carbocycles. The predicted molar refractivity (Wildman–Crippen MR) is 103 cm³/mol. The lowest BCUT2D eigenvalue weighted by atomic mass is 9.75. The lowest BCUT2D eigenvalue weighted by Gasteiger charge is -2.40. The normalized spacial score (nSPS) is 23.7. The topological polar surface area (TPSA) is 32.3 Å². The lowest BCUT2D eigenvalue weighted by Crippen LogP contribution is -2.58. The number of anilines is 1. The molecule has 2 aromatic rings. The second-order valence-corrected chi connectivity index (χ2v) is 7.80. The lowest BCUT2D eigenvalue weighted by molar-refractivity contribution is -0.118. The van der Waals surface area contributed by atoms with Crippen LogP contribution in [0, 0.1) is 0 Å². The van der Waals surface area contributed by atoms with Crippen LogP contribution < -0.4 is 10.2 Å². The summed E-state index contributed by atoms with van der Waals surface area (Å²) in [6, 6.07) is 13.8. The first-order valence-corrected chi connectivity index (χ1v) is 8.94. The van der Waals surface area contributed by atoms with E-state index in [9.17, 15) is 4.79 Å². The number of benzene rings is 2. The molecule has 0 radical (unpaired) electrons. The van der Waals surface area contributed by atoms with Crippen LogP contribution in [-0.4, -0.2) is 18.1 Å². The van der Waals surface area contributed by atoms with Gasteiger partial charge in [0.05, 0.1) is 16.6 Å². The molecule has 4 rings (SSSR count). The molecule has 1 atom stereocenters. The number of hydrogen-bond donors (Lipinski definition) is 1. The minimum atomic E-state index is -0.626. The van der Waals surface area contributed by atoms with Crippen molar-refractivity contribution in [1.82, 2.24) is 5.32 Å². The second-order valence-electron chi connectivity index (χ2n) is 7.02. The number of nitrogens with zero attached hydrogens (tertiary/aromatic N) is 1. The van der Waals surface area contributed by atoms with Crippen molar-refractivity contribution in [2.24, 2.45) is 0 Å². The van der Waals surface area contributed by atoms with Crippen molar-refractivity contribution in [3.63, 3.8) is 0 Å². The quantitative estimate of drug-likeness (QED) is 0.833. The smallest absolute Gasteiger partial charge is 0.241 e. The number of rotatable bonds is 2. The van der Waals surface area contributed by atoms with Crippen LogP contribution in [0.1, 0.15) is 25.0 Å². The SMILES string of the molecule is CC1(C)c2ccccc2N2CC(=O)N[C@@]21/C=C/c1cccc(Cl)c1Cl. The molecule has 0 unspecified atom stereocenters. The maximum atomic E-state index is 12.3. The largest absolute Gasteiger partial charge is 0.335 e. The van der Waals surface area contributed by atoms with E-state index in [0.717, 1.165) is 11.3 Å². The van der Waals surface area contributed by atoms with Crippen molar-refractivity contribution in [2.45, 2.75) is 24.9 Å². The third-order valence-corrected chi connectivity index (χ3v) is 6.20.